The number of benzene rings is 1. The van der Waals surface area contributed by atoms with E-state index in [9.17, 15) is 4.79 Å². The molecule has 6 heteroatoms. The molecule has 0 aliphatic carbocycles. The monoisotopic (exact) mass is 349 g/mol. The van der Waals surface area contributed by atoms with Crippen LogP contribution in [0.2, 0.25) is 0 Å². The zero-order valence-electron chi connectivity index (χ0n) is 13.3. The van der Waals surface area contributed by atoms with Crippen molar-refractivity contribution >= 4 is 21.6 Å². The van der Waals surface area contributed by atoms with Crippen molar-refractivity contribution in [3.05, 3.63) is 87.5 Å². The highest BCUT2D eigenvalue weighted by molar-refractivity contribution is 7.17. The fourth-order valence-electron chi connectivity index (χ4n) is 2.55. The summed E-state index contributed by atoms with van der Waals surface area (Å²) < 4.78 is 6.43. The van der Waals surface area contributed by atoms with Crippen LogP contribution in [0.5, 0.6) is 5.75 Å². The molecule has 0 aliphatic heterocycles. The maximum atomic E-state index is 12.0. The molecule has 1 N–H and O–H groups in total. The molecule has 0 fully saturated rings. The molecule has 4 aromatic rings. The fraction of sp³-hybridized carbons (Fsp3) is 0.105. The number of nitrogens with zero attached hydrogens (tertiary/aromatic N) is 2. The zero-order chi connectivity index (χ0) is 17.1. The van der Waals surface area contributed by atoms with Gasteiger partial charge in [-0.05, 0) is 46.8 Å². The van der Waals surface area contributed by atoms with Crippen molar-refractivity contribution < 1.29 is 4.74 Å². The van der Waals surface area contributed by atoms with E-state index in [1.165, 1.54) is 11.3 Å². The van der Waals surface area contributed by atoms with Crippen molar-refractivity contribution in [1.82, 2.24) is 15.0 Å². The van der Waals surface area contributed by atoms with Gasteiger partial charge in [-0.3, -0.25) is 9.78 Å². The topological polar surface area (TPSA) is 67.9 Å². The lowest BCUT2D eigenvalue weighted by atomic mass is 10.1. The quantitative estimate of drug-likeness (QED) is 0.598. The number of ether oxygens (including phenoxy) is 1. The number of H-pyrrole nitrogens is 1. The molecule has 3 heterocycles. The normalized spacial score (nSPS) is 10.9. The molecule has 0 amide bonds. The number of pyridine rings is 1. The largest absolute Gasteiger partial charge is 0.489 e. The van der Waals surface area contributed by atoms with E-state index in [-0.39, 0.29) is 5.56 Å². The Kier molecular flexibility index (Phi) is 4.26. The summed E-state index contributed by atoms with van der Waals surface area (Å²) in [5.74, 6) is 1.47. The van der Waals surface area contributed by atoms with E-state index in [1.807, 2.05) is 47.8 Å². The third kappa shape index (κ3) is 3.59. The van der Waals surface area contributed by atoms with Gasteiger partial charge in [0.15, 0.2) is 0 Å². The number of hydrogen-bond donors (Lipinski definition) is 1. The lowest BCUT2D eigenvalue weighted by molar-refractivity contribution is 0.306. The molecule has 0 spiro atoms. The van der Waals surface area contributed by atoms with Crippen LogP contribution in [0.1, 0.15) is 17.0 Å². The van der Waals surface area contributed by atoms with Crippen LogP contribution in [0.4, 0.5) is 0 Å². The van der Waals surface area contributed by atoms with Crippen molar-refractivity contribution in [2.75, 3.05) is 0 Å². The number of fused-ring (bicyclic) bond motifs is 1. The average molecular weight is 349 g/mol. The van der Waals surface area contributed by atoms with Crippen molar-refractivity contribution in [2.24, 2.45) is 0 Å². The lowest BCUT2D eigenvalue weighted by Gasteiger charge is -2.07. The van der Waals surface area contributed by atoms with Crippen LogP contribution in [0.3, 0.4) is 0 Å². The van der Waals surface area contributed by atoms with Gasteiger partial charge in [0.1, 0.15) is 22.9 Å². The second kappa shape index (κ2) is 6.86. The Hall–Kier alpha value is -2.99. The minimum atomic E-state index is -0.0766. The van der Waals surface area contributed by atoms with Crippen molar-refractivity contribution in [1.29, 1.82) is 0 Å². The number of hydrogen-bond acceptors (Lipinski definition) is 5. The Balaban J connectivity index is 1.45. The van der Waals surface area contributed by atoms with Gasteiger partial charge in [-0.1, -0.05) is 12.1 Å². The zero-order valence-corrected chi connectivity index (χ0v) is 14.1. The molecule has 0 atom stereocenters. The maximum absolute atomic E-state index is 12.0. The van der Waals surface area contributed by atoms with Gasteiger partial charge in [0.25, 0.3) is 5.56 Å². The molecule has 3 aromatic heterocycles. The lowest BCUT2D eigenvalue weighted by Crippen LogP contribution is -2.10. The van der Waals surface area contributed by atoms with Gasteiger partial charge in [0.05, 0.1) is 5.52 Å². The number of nitrogens with one attached hydrogen (secondary N) is 1. The van der Waals surface area contributed by atoms with Crippen molar-refractivity contribution in [3.8, 4) is 5.75 Å². The maximum Gasteiger partial charge on any atom is 0.268 e. The standard InChI is InChI=1S/C19H15N3O2S/c23-19-18-16(7-10-25-18)21-17(22-19)11-13-1-3-15(4-2-13)24-12-14-5-8-20-9-6-14/h1-10H,11-12H2,(H,21,22,23). The molecular formula is C19H15N3O2S. The third-order valence-corrected chi connectivity index (χ3v) is 4.72. The van der Waals surface area contributed by atoms with Crippen LogP contribution >= 0.6 is 11.3 Å². The molecule has 0 unspecified atom stereocenters. The van der Waals surface area contributed by atoms with Crippen LogP contribution in [-0.4, -0.2) is 15.0 Å². The molecule has 0 radical (unpaired) electrons. The second-order valence-corrected chi connectivity index (χ2v) is 6.53. The van der Waals surface area contributed by atoms with E-state index in [2.05, 4.69) is 15.0 Å². The SMILES string of the molecule is O=c1[nH]c(Cc2ccc(OCc3ccncc3)cc2)nc2ccsc12. The van der Waals surface area contributed by atoms with Crippen LogP contribution in [-0.2, 0) is 13.0 Å². The third-order valence-electron chi connectivity index (χ3n) is 3.81. The smallest absolute Gasteiger partial charge is 0.268 e. The summed E-state index contributed by atoms with van der Waals surface area (Å²) in [4.78, 5) is 23.4. The minimum Gasteiger partial charge on any atom is -0.489 e. The van der Waals surface area contributed by atoms with E-state index in [0.717, 1.165) is 22.4 Å². The summed E-state index contributed by atoms with van der Waals surface area (Å²) in [7, 11) is 0. The minimum absolute atomic E-state index is 0.0766. The summed E-state index contributed by atoms with van der Waals surface area (Å²) >= 11 is 1.41. The highest BCUT2D eigenvalue weighted by atomic mass is 32.1. The first-order chi connectivity index (χ1) is 12.3. The molecule has 0 bridgehead atoms. The first-order valence-electron chi connectivity index (χ1n) is 7.85. The van der Waals surface area contributed by atoms with Gasteiger partial charge >= 0.3 is 0 Å². The van der Waals surface area contributed by atoms with E-state index in [1.54, 1.807) is 12.4 Å². The van der Waals surface area contributed by atoms with E-state index in [4.69, 9.17) is 4.74 Å². The summed E-state index contributed by atoms with van der Waals surface area (Å²) in [5, 5.41) is 1.88. The average Bonchev–Trinajstić information content (AvgIpc) is 3.11. The van der Waals surface area contributed by atoms with Crippen molar-refractivity contribution in [2.45, 2.75) is 13.0 Å². The number of aromatic nitrogens is 3. The van der Waals surface area contributed by atoms with Crippen LogP contribution in [0.15, 0.2) is 65.0 Å². The van der Waals surface area contributed by atoms with Gasteiger partial charge in [-0.25, -0.2) is 4.98 Å². The van der Waals surface area contributed by atoms with Crippen LogP contribution in [0.25, 0.3) is 10.2 Å². The number of thiophene rings is 1. The summed E-state index contributed by atoms with van der Waals surface area (Å²) in [5.41, 5.74) is 2.81. The summed E-state index contributed by atoms with van der Waals surface area (Å²) in [6, 6.07) is 13.6. The van der Waals surface area contributed by atoms with Crippen LogP contribution in [0, 0.1) is 0 Å². The predicted molar refractivity (Wildman–Crippen MR) is 98.1 cm³/mol. The highest BCUT2D eigenvalue weighted by Crippen LogP contribution is 2.17. The van der Waals surface area contributed by atoms with Gasteiger partial charge in [-0.15, -0.1) is 11.3 Å². The van der Waals surface area contributed by atoms with Crippen molar-refractivity contribution in [3.63, 3.8) is 0 Å². The summed E-state index contributed by atoms with van der Waals surface area (Å²) in [6.07, 6.45) is 4.07. The molecule has 5 nitrogen and oxygen atoms in total. The van der Waals surface area contributed by atoms with Crippen LogP contribution < -0.4 is 10.3 Å². The molecule has 0 saturated heterocycles. The molecule has 124 valence electrons. The molecule has 0 aliphatic rings. The van der Waals surface area contributed by atoms with Gasteiger partial charge in [-0.2, -0.15) is 0 Å². The highest BCUT2D eigenvalue weighted by Gasteiger charge is 2.06. The molecule has 4 rings (SSSR count). The molecular weight excluding hydrogens is 334 g/mol. The first-order valence-corrected chi connectivity index (χ1v) is 8.73. The number of rotatable bonds is 5. The van der Waals surface area contributed by atoms with Gasteiger partial charge < -0.3 is 9.72 Å². The second-order valence-electron chi connectivity index (χ2n) is 5.61. The number of aromatic amines is 1. The van der Waals surface area contributed by atoms with Gasteiger partial charge in [0, 0.05) is 18.8 Å². The Morgan fingerprint density at radius 1 is 1.00 bits per heavy atom. The van der Waals surface area contributed by atoms with E-state index >= 15 is 0 Å². The van der Waals surface area contributed by atoms with E-state index < -0.39 is 0 Å². The first kappa shape index (κ1) is 15.5. The molecule has 0 saturated carbocycles. The fourth-order valence-corrected chi connectivity index (χ4v) is 3.27. The van der Waals surface area contributed by atoms with E-state index in [0.29, 0.717) is 23.6 Å². The Morgan fingerprint density at radius 2 is 1.80 bits per heavy atom. The molecule has 25 heavy (non-hydrogen) atoms. The summed E-state index contributed by atoms with van der Waals surface area (Å²) in [6.45, 7) is 0.506. The predicted octanol–water partition coefficient (Wildman–Crippen LogP) is 3.55. The van der Waals surface area contributed by atoms with Gasteiger partial charge in [0.2, 0.25) is 0 Å². The Bertz CT molecular complexity index is 1040. The Morgan fingerprint density at radius 3 is 2.60 bits per heavy atom. The Labute approximate surface area is 148 Å². The molecule has 1 aromatic carbocycles.